The molecule has 0 bridgehead atoms. The first kappa shape index (κ1) is 6.55. The van der Waals surface area contributed by atoms with Crippen LogP contribution in [0.25, 0.3) is 0 Å². The van der Waals surface area contributed by atoms with E-state index in [1.54, 1.807) is 0 Å². The third-order valence-electron chi connectivity index (χ3n) is 2.45. The van der Waals surface area contributed by atoms with E-state index in [1.165, 1.54) is 13.1 Å². The summed E-state index contributed by atoms with van der Waals surface area (Å²) in [4.78, 5) is 2.34. The lowest BCUT2D eigenvalue weighted by Crippen LogP contribution is -2.28. The number of halogens is 1. The van der Waals surface area contributed by atoms with Gasteiger partial charge in [-0.2, -0.15) is 0 Å². The predicted molar refractivity (Wildman–Crippen MR) is 37.7 cm³/mol. The second-order valence-corrected chi connectivity index (χ2v) is 3.18. The van der Waals surface area contributed by atoms with Crippen molar-refractivity contribution in [2.45, 2.75) is 6.04 Å². The van der Waals surface area contributed by atoms with Crippen LogP contribution in [0, 0.1) is 5.92 Å². The Hall–Kier alpha value is -0.150. The van der Waals surface area contributed by atoms with E-state index >= 15 is 0 Å². The molecule has 0 aromatic heterocycles. The van der Waals surface area contributed by atoms with Crippen LogP contribution in [0.5, 0.6) is 0 Å². The van der Waals surface area contributed by atoms with Gasteiger partial charge in [0, 0.05) is 38.1 Å². The summed E-state index contributed by atoms with van der Waals surface area (Å²) in [6, 6.07) is 0.505. The van der Waals surface area contributed by atoms with Gasteiger partial charge in [0.25, 0.3) is 0 Å². The van der Waals surface area contributed by atoms with Crippen molar-refractivity contribution in [2.75, 3.05) is 32.9 Å². The third kappa shape index (κ3) is 1.04. The minimum atomic E-state index is -0.159. The third-order valence-corrected chi connectivity index (χ3v) is 2.45. The fourth-order valence-electron chi connectivity index (χ4n) is 1.69. The van der Waals surface area contributed by atoms with E-state index in [0.717, 1.165) is 13.1 Å². The Morgan fingerprint density at radius 3 is 2.80 bits per heavy atom. The van der Waals surface area contributed by atoms with Gasteiger partial charge in [-0.15, -0.1) is 0 Å². The molecule has 2 aliphatic heterocycles. The number of alkyl halides is 1. The van der Waals surface area contributed by atoms with Crippen LogP contribution in [0.4, 0.5) is 4.39 Å². The molecule has 2 heterocycles. The highest BCUT2D eigenvalue weighted by atomic mass is 19.1. The number of nitrogens with one attached hydrogen (secondary N) is 1. The van der Waals surface area contributed by atoms with Gasteiger partial charge < -0.3 is 5.32 Å². The van der Waals surface area contributed by atoms with Crippen molar-refractivity contribution in [3.63, 3.8) is 0 Å². The smallest absolute Gasteiger partial charge is 0.0950 e. The monoisotopic (exact) mass is 144 g/mol. The summed E-state index contributed by atoms with van der Waals surface area (Å²) in [5.41, 5.74) is 0. The van der Waals surface area contributed by atoms with Gasteiger partial charge in [0.2, 0.25) is 0 Å². The maximum atomic E-state index is 12.3. The molecule has 0 spiro atoms. The summed E-state index contributed by atoms with van der Waals surface area (Å²) in [6.07, 6.45) is 0. The molecule has 0 aliphatic carbocycles. The lowest BCUT2D eigenvalue weighted by molar-refractivity contribution is 0.278. The first-order valence-corrected chi connectivity index (χ1v) is 3.92. The van der Waals surface area contributed by atoms with E-state index < -0.39 is 0 Å². The molecule has 0 amide bonds. The number of hydrogen-bond donors (Lipinski definition) is 1. The first-order valence-electron chi connectivity index (χ1n) is 3.92. The molecule has 58 valence electrons. The van der Waals surface area contributed by atoms with Crippen molar-refractivity contribution < 1.29 is 4.39 Å². The van der Waals surface area contributed by atoms with Gasteiger partial charge in [-0.3, -0.25) is 9.29 Å². The molecule has 0 unspecified atom stereocenters. The minimum absolute atomic E-state index is 0.159. The van der Waals surface area contributed by atoms with Crippen LogP contribution in [-0.4, -0.2) is 43.8 Å². The first-order chi connectivity index (χ1) is 4.92. The molecular formula is C7H13FN2. The van der Waals surface area contributed by atoms with Gasteiger partial charge >= 0.3 is 0 Å². The van der Waals surface area contributed by atoms with Crippen LogP contribution in [0.1, 0.15) is 0 Å². The van der Waals surface area contributed by atoms with Gasteiger partial charge in [0.05, 0.1) is 6.67 Å². The highest BCUT2D eigenvalue weighted by Crippen LogP contribution is 2.21. The van der Waals surface area contributed by atoms with Gasteiger partial charge in [0.15, 0.2) is 0 Å². The van der Waals surface area contributed by atoms with Crippen molar-refractivity contribution in [3.8, 4) is 0 Å². The Kier molecular flexibility index (Phi) is 1.62. The Bertz CT molecular complexity index is 125. The summed E-state index contributed by atoms with van der Waals surface area (Å²) < 4.78 is 12.3. The zero-order chi connectivity index (χ0) is 6.97. The summed E-state index contributed by atoms with van der Waals surface area (Å²) in [6.45, 7) is 4.08. The van der Waals surface area contributed by atoms with E-state index in [2.05, 4.69) is 10.2 Å². The van der Waals surface area contributed by atoms with Crippen LogP contribution in [-0.2, 0) is 0 Å². The lowest BCUT2D eigenvalue weighted by Gasteiger charge is -2.15. The maximum absolute atomic E-state index is 12.3. The van der Waals surface area contributed by atoms with Crippen molar-refractivity contribution in [1.29, 1.82) is 0 Å². The molecule has 0 radical (unpaired) electrons. The quantitative estimate of drug-likeness (QED) is 0.542. The van der Waals surface area contributed by atoms with E-state index in [-0.39, 0.29) is 12.6 Å². The topological polar surface area (TPSA) is 15.0 Å². The van der Waals surface area contributed by atoms with Crippen molar-refractivity contribution >= 4 is 0 Å². The molecule has 2 fully saturated rings. The zero-order valence-corrected chi connectivity index (χ0v) is 6.02. The Labute approximate surface area is 60.4 Å². The molecular weight excluding hydrogens is 131 g/mol. The number of hydrogen-bond acceptors (Lipinski definition) is 2. The van der Waals surface area contributed by atoms with E-state index in [0.29, 0.717) is 6.04 Å². The second kappa shape index (κ2) is 2.47. The molecule has 1 N–H and O–H groups in total. The largest absolute Gasteiger partial charge is 0.315 e. The second-order valence-electron chi connectivity index (χ2n) is 3.18. The summed E-state index contributed by atoms with van der Waals surface area (Å²) in [7, 11) is 0. The van der Waals surface area contributed by atoms with Gasteiger partial charge in [0.1, 0.15) is 0 Å². The molecule has 2 atom stereocenters. The zero-order valence-electron chi connectivity index (χ0n) is 6.02. The highest BCUT2D eigenvalue weighted by molar-refractivity contribution is 4.93. The standard InChI is InChI=1S/C7H13FN2/c8-3-6-4-9-5-7(6)10-1-2-10/h6-7,9H,1-5H2/t6-,7+/m0/s1. The van der Waals surface area contributed by atoms with Crippen molar-refractivity contribution in [2.24, 2.45) is 5.92 Å². The molecule has 2 saturated heterocycles. The fraction of sp³-hybridized carbons (Fsp3) is 1.00. The number of rotatable bonds is 2. The Balaban J connectivity index is 1.91. The Morgan fingerprint density at radius 2 is 2.20 bits per heavy atom. The highest BCUT2D eigenvalue weighted by Gasteiger charge is 2.36. The minimum Gasteiger partial charge on any atom is -0.315 e. The van der Waals surface area contributed by atoms with Gasteiger partial charge in [-0.25, -0.2) is 0 Å². The maximum Gasteiger partial charge on any atom is 0.0950 e. The van der Waals surface area contributed by atoms with E-state index in [9.17, 15) is 4.39 Å². The summed E-state index contributed by atoms with van der Waals surface area (Å²) in [5.74, 6) is 0.266. The lowest BCUT2D eigenvalue weighted by atomic mass is 10.1. The van der Waals surface area contributed by atoms with Crippen molar-refractivity contribution in [1.82, 2.24) is 10.2 Å². The molecule has 3 heteroatoms. The summed E-state index contributed by atoms with van der Waals surface area (Å²) >= 11 is 0. The Morgan fingerprint density at radius 1 is 1.40 bits per heavy atom. The molecule has 0 aromatic carbocycles. The molecule has 10 heavy (non-hydrogen) atoms. The van der Waals surface area contributed by atoms with E-state index in [1.807, 2.05) is 0 Å². The molecule has 2 nitrogen and oxygen atoms in total. The average Bonchev–Trinajstić information content (AvgIpc) is 2.69. The summed E-state index contributed by atoms with van der Waals surface area (Å²) in [5, 5.41) is 3.21. The van der Waals surface area contributed by atoms with E-state index in [4.69, 9.17) is 0 Å². The van der Waals surface area contributed by atoms with Crippen LogP contribution in [0.15, 0.2) is 0 Å². The van der Waals surface area contributed by atoms with Gasteiger partial charge in [-0.1, -0.05) is 0 Å². The van der Waals surface area contributed by atoms with Crippen LogP contribution in [0.3, 0.4) is 0 Å². The van der Waals surface area contributed by atoms with Crippen LogP contribution in [0.2, 0.25) is 0 Å². The molecule has 2 aliphatic rings. The van der Waals surface area contributed by atoms with Gasteiger partial charge in [-0.05, 0) is 0 Å². The predicted octanol–water partition coefficient (Wildman–Crippen LogP) is -0.141. The van der Waals surface area contributed by atoms with Crippen molar-refractivity contribution in [3.05, 3.63) is 0 Å². The normalized spacial score (nSPS) is 40.5. The molecule has 0 aromatic rings. The average molecular weight is 144 g/mol. The fourth-order valence-corrected chi connectivity index (χ4v) is 1.69. The van der Waals surface area contributed by atoms with Crippen LogP contribution < -0.4 is 5.32 Å². The molecule has 2 rings (SSSR count). The molecule has 0 saturated carbocycles. The SMILES string of the molecule is FC[C@H]1CNC[C@H]1N1CC1. The van der Waals surface area contributed by atoms with Crippen LogP contribution >= 0.6 is 0 Å². The number of nitrogens with zero attached hydrogens (tertiary/aromatic N) is 1.